The van der Waals surface area contributed by atoms with E-state index in [1.807, 2.05) is 41.1 Å². The van der Waals surface area contributed by atoms with Crippen LogP contribution in [-0.4, -0.2) is 27.7 Å². The maximum absolute atomic E-state index is 10.7. The molecule has 6 aromatic rings. The third-order valence-corrected chi connectivity index (χ3v) is 10.7. The van der Waals surface area contributed by atoms with Crippen LogP contribution in [0.5, 0.6) is 5.75 Å². The molecule has 198 valence electrons. The summed E-state index contributed by atoms with van der Waals surface area (Å²) in [5.41, 5.74) is 5.66. The summed E-state index contributed by atoms with van der Waals surface area (Å²) in [5, 5.41) is 15.2. The fourth-order valence-corrected chi connectivity index (χ4v) is 7.32. The Morgan fingerprint density at radius 1 is 0.846 bits per heavy atom. The summed E-state index contributed by atoms with van der Waals surface area (Å²) in [6, 6.07) is 34.3. The summed E-state index contributed by atoms with van der Waals surface area (Å²) in [4.78, 5) is 9.94. The number of fused-ring (bicyclic) bond motifs is 3. The van der Waals surface area contributed by atoms with E-state index in [2.05, 4.69) is 87.6 Å². The Labute approximate surface area is 244 Å². The summed E-state index contributed by atoms with van der Waals surface area (Å²) in [5.74, 6) is 0.684. The smallest absolute Gasteiger partial charge is 0.139 e. The van der Waals surface area contributed by atoms with Crippen LogP contribution in [0.15, 0.2) is 97.2 Å². The van der Waals surface area contributed by atoms with Gasteiger partial charge in [-0.25, -0.2) is 0 Å². The van der Waals surface area contributed by atoms with Gasteiger partial charge in [0.1, 0.15) is 19.5 Å². The SMILES string of the molecule is CC(C)c1ccnc([Si](C)(C)c2[c-]c(-c3ccc4c5ccccc5n(-c5ccccc5O)c4n3)ccc2)c1.[Pt]. The van der Waals surface area contributed by atoms with E-state index in [4.69, 9.17) is 9.97 Å². The number of benzene rings is 3. The average Bonchev–Trinajstić information content (AvgIpc) is 3.27. The molecule has 0 saturated heterocycles. The van der Waals surface area contributed by atoms with Gasteiger partial charge >= 0.3 is 0 Å². The molecule has 6 heteroatoms. The quantitative estimate of drug-likeness (QED) is 0.161. The summed E-state index contributed by atoms with van der Waals surface area (Å²) in [6.07, 6.45) is 1.94. The van der Waals surface area contributed by atoms with Crippen LogP contribution in [0.3, 0.4) is 0 Å². The molecule has 0 aliphatic heterocycles. The van der Waals surface area contributed by atoms with Gasteiger partial charge in [0.05, 0.1) is 11.2 Å². The summed E-state index contributed by atoms with van der Waals surface area (Å²) in [7, 11) is -2.08. The Morgan fingerprint density at radius 3 is 2.41 bits per heavy atom. The third-order valence-electron chi connectivity index (χ3n) is 7.48. The molecular formula is C33H30N3OPtSi-. The first-order valence-corrected chi connectivity index (χ1v) is 16.0. The molecule has 0 aliphatic rings. The van der Waals surface area contributed by atoms with Crippen molar-refractivity contribution in [2.75, 3.05) is 0 Å². The van der Waals surface area contributed by atoms with Gasteiger partial charge in [0.2, 0.25) is 0 Å². The molecule has 0 spiro atoms. The zero-order valence-corrected chi connectivity index (χ0v) is 25.7. The number of phenolic OH excluding ortho intramolecular Hbond substituents is 1. The molecular weight excluding hydrogens is 678 g/mol. The zero-order chi connectivity index (χ0) is 26.4. The molecule has 0 radical (unpaired) electrons. The second kappa shape index (κ2) is 10.6. The molecule has 0 saturated carbocycles. The molecule has 0 bridgehead atoms. The first-order chi connectivity index (χ1) is 18.3. The van der Waals surface area contributed by atoms with Crippen molar-refractivity contribution in [3.05, 3.63) is 109 Å². The normalized spacial score (nSPS) is 11.7. The number of pyridine rings is 2. The standard InChI is InChI=1S/C33H30N3OSi.Pt/c1-22(2)23-18-19-34-32(21-23)38(3,4)25-11-9-10-24(20-25)28-17-16-27-26-12-5-6-13-29(26)36(33(27)35-28)30-14-7-8-15-31(30)37;/h5-19,21-22,37H,1-4H3;/q-1;. The van der Waals surface area contributed by atoms with E-state index in [1.165, 1.54) is 16.1 Å². The predicted octanol–water partition coefficient (Wildman–Crippen LogP) is 6.69. The molecule has 0 aliphatic carbocycles. The second-order valence-corrected chi connectivity index (χ2v) is 14.9. The van der Waals surface area contributed by atoms with Crippen molar-refractivity contribution >= 4 is 40.5 Å². The van der Waals surface area contributed by atoms with Gasteiger partial charge < -0.3 is 5.11 Å². The van der Waals surface area contributed by atoms with Crippen molar-refractivity contribution in [3.8, 4) is 22.7 Å². The van der Waals surface area contributed by atoms with Gasteiger partial charge in [0, 0.05) is 43.4 Å². The average molecular weight is 708 g/mol. The number of rotatable bonds is 5. The van der Waals surface area contributed by atoms with E-state index in [1.54, 1.807) is 6.07 Å². The maximum atomic E-state index is 10.7. The predicted molar refractivity (Wildman–Crippen MR) is 160 cm³/mol. The molecule has 3 aromatic heterocycles. The van der Waals surface area contributed by atoms with E-state index in [9.17, 15) is 5.11 Å². The van der Waals surface area contributed by atoms with Gasteiger partial charge in [0.25, 0.3) is 0 Å². The third kappa shape index (κ3) is 4.75. The number of hydrogen-bond acceptors (Lipinski definition) is 3. The number of phenols is 1. The Bertz CT molecular complexity index is 1810. The minimum absolute atomic E-state index is 0. The van der Waals surface area contributed by atoms with E-state index in [0.29, 0.717) is 11.6 Å². The molecule has 3 aromatic carbocycles. The summed E-state index contributed by atoms with van der Waals surface area (Å²) in [6.45, 7) is 9.11. The van der Waals surface area contributed by atoms with Gasteiger partial charge in [-0.15, -0.1) is 35.0 Å². The fraction of sp³-hybridized carbons (Fsp3) is 0.152. The van der Waals surface area contributed by atoms with Crippen LogP contribution in [0.4, 0.5) is 0 Å². The minimum atomic E-state index is -2.08. The first kappa shape index (κ1) is 27.0. The van der Waals surface area contributed by atoms with E-state index in [-0.39, 0.29) is 26.8 Å². The topological polar surface area (TPSA) is 50.9 Å². The van der Waals surface area contributed by atoms with Gasteiger partial charge in [0.15, 0.2) is 0 Å². The van der Waals surface area contributed by atoms with Crippen LogP contribution in [0.2, 0.25) is 13.1 Å². The molecule has 1 N–H and O–H groups in total. The van der Waals surface area contributed by atoms with Crippen molar-refractivity contribution in [2.24, 2.45) is 0 Å². The van der Waals surface area contributed by atoms with Crippen molar-refractivity contribution in [3.63, 3.8) is 0 Å². The van der Waals surface area contributed by atoms with Crippen LogP contribution in [0.25, 0.3) is 38.9 Å². The molecule has 0 amide bonds. The molecule has 0 fully saturated rings. The van der Waals surface area contributed by atoms with Gasteiger partial charge in [-0.05, 0) is 47.5 Å². The van der Waals surface area contributed by atoms with E-state index in [0.717, 1.165) is 33.2 Å². The number of hydrogen-bond donors (Lipinski definition) is 1. The van der Waals surface area contributed by atoms with E-state index < -0.39 is 8.07 Å². The summed E-state index contributed by atoms with van der Waals surface area (Å²) < 4.78 is 2.05. The number of nitrogens with zero attached hydrogens (tertiary/aromatic N) is 3. The van der Waals surface area contributed by atoms with Crippen LogP contribution >= 0.6 is 0 Å². The largest absolute Gasteiger partial charge is 0.506 e. The van der Waals surface area contributed by atoms with Crippen LogP contribution in [0, 0.1) is 6.07 Å². The molecule has 6 rings (SSSR count). The minimum Gasteiger partial charge on any atom is -0.506 e. The zero-order valence-electron chi connectivity index (χ0n) is 22.4. The summed E-state index contributed by atoms with van der Waals surface area (Å²) >= 11 is 0. The first-order valence-electron chi connectivity index (χ1n) is 13.0. The fourth-order valence-electron chi connectivity index (χ4n) is 5.16. The molecule has 0 atom stereocenters. The van der Waals surface area contributed by atoms with Crippen LogP contribution in [0.1, 0.15) is 25.3 Å². The van der Waals surface area contributed by atoms with Crippen molar-refractivity contribution in [1.82, 2.24) is 14.5 Å². The number of para-hydroxylation sites is 3. The van der Waals surface area contributed by atoms with Crippen LogP contribution < -0.4 is 10.5 Å². The van der Waals surface area contributed by atoms with Crippen molar-refractivity contribution in [2.45, 2.75) is 32.9 Å². The van der Waals surface area contributed by atoms with Gasteiger partial charge in [-0.1, -0.05) is 69.4 Å². The van der Waals surface area contributed by atoms with Crippen molar-refractivity contribution in [1.29, 1.82) is 0 Å². The number of aromatic nitrogens is 3. The molecule has 4 nitrogen and oxygen atoms in total. The Balaban J connectivity index is 0.00000308. The maximum Gasteiger partial charge on any atom is 0.139 e. The van der Waals surface area contributed by atoms with E-state index >= 15 is 0 Å². The Kier molecular flexibility index (Phi) is 7.32. The molecule has 0 unspecified atom stereocenters. The van der Waals surface area contributed by atoms with Gasteiger partial charge in [-0.3, -0.25) is 14.5 Å². The van der Waals surface area contributed by atoms with Gasteiger partial charge in [-0.2, -0.15) is 0 Å². The number of aromatic hydroxyl groups is 1. The Morgan fingerprint density at radius 2 is 1.62 bits per heavy atom. The molecule has 3 heterocycles. The monoisotopic (exact) mass is 707 g/mol. The van der Waals surface area contributed by atoms with Crippen molar-refractivity contribution < 1.29 is 26.2 Å². The molecule has 39 heavy (non-hydrogen) atoms. The Hall–Kier alpha value is -3.53. The second-order valence-electron chi connectivity index (χ2n) is 10.6. The van der Waals surface area contributed by atoms with Crippen LogP contribution in [-0.2, 0) is 21.1 Å².